The van der Waals surface area contributed by atoms with Gasteiger partial charge in [-0.15, -0.1) is 5.10 Å². The van der Waals surface area contributed by atoms with E-state index < -0.39 is 0 Å². The molecule has 0 bridgehead atoms. The van der Waals surface area contributed by atoms with Gasteiger partial charge in [0.25, 0.3) is 0 Å². The molecule has 0 spiro atoms. The van der Waals surface area contributed by atoms with Crippen molar-refractivity contribution in [2.24, 2.45) is 0 Å². The zero-order valence-corrected chi connectivity index (χ0v) is 17.4. The minimum Gasteiger partial charge on any atom is -0.496 e. The molecule has 0 fully saturated rings. The van der Waals surface area contributed by atoms with Gasteiger partial charge in [-0.3, -0.25) is 4.79 Å². The van der Waals surface area contributed by atoms with Crippen molar-refractivity contribution in [2.75, 3.05) is 12.9 Å². The highest BCUT2D eigenvalue weighted by Crippen LogP contribution is 2.25. The number of nitrogens with zero attached hydrogens (tertiary/aromatic N) is 2. The molecule has 5 nitrogen and oxygen atoms in total. The molecule has 0 saturated heterocycles. The Hall–Kier alpha value is -2.16. The standard InChI is InChI=1S/C19H19N3O2S3/c1-13-7-3-5-9-15(13)22-19(25)27-18(21-22)26-12-17(23)20-11-14-8-4-6-10-16(14)24-2/h3-10H,11-12H2,1-2H3,(H,20,23). The molecule has 0 aliphatic carbocycles. The fourth-order valence-electron chi connectivity index (χ4n) is 2.49. The second-order valence-corrected chi connectivity index (χ2v) is 8.55. The molecule has 0 radical (unpaired) electrons. The predicted molar refractivity (Wildman–Crippen MR) is 113 cm³/mol. The monoisotopic (exact) mass is 417 g/mol. The normalized spacial score (nSPS) is 10.6. The Bertz CT molecular complexity index is 998. The van der Waals surface area contributed by atoms with Gasteiger partial charge in [-0.1, -0.05) is 59.5 Å². The Morgan fingerprint density at radius 1 is 1.26 bits per heavy atom. The highest BCUT2D eigenvalue weighted by molar-refractivity contribution is 8.01. The average molecular weight is 418 g/mol. The van der Waals surface area contributed by atoms with Gasteiger partial charge >= 0.3 is 0 Å². The van der Waals surface area contributed by atoms with E-state index in [2.05, 4.69) is 10.4 Å². The second-order valence-electron chi connectivity index (χ2n) is 5.71. The Labute approximate surface area is 171 Å². The number of thioether (sulfide) groups is 1. The molecule has 140 valence electrons. The van der Waals surface area contributed by atoms with E-state index in [1.165, 1.54) is 23.1 Å². The third-order valence-corrected chi connectivity index (χ3v) is 6.23. The molecule has 1 amide bonds. The lowest BCUT2D eigenvalue weighted by Gasteiger charge is -2.09. The van der Waals surface area contributed by atoms with Crippen LogP contribution in [0.4, 0.5) is 0 Å². The first-order valence-electron chi connectivity index (χ1n) is 8.26. The summed E-state index contributed by atoms with van der Waals surface area (Å²) in [5.41, 5.74) is 3.01. The zero-order chi connectivity index (χ0) is 19.2. The summed E-state index contributed by atoms with van der Waals surface area (Å²) in [5, 5.41) is 7.46. The number of aryl methyl sites for hydroxylation is 1. The van der Waals surface area contributed by atoms with Gasteiger partial charge in [-0.25, -0.2) is 4.68 Å². The molecule has 0 aliphatic heterocycles. The van der Waals surface area contributed by atoms with Crippen LogP contribution < -0.4 is 10.1 Å². The van der Waals surface area contributed by atoms with Crippen molar-refractivity contribution >= 4 is 41.2 Å². The molecule has 0 saturated carbocycles. The predicted octanol–water partition coefficient (Wildman–Crippen LogP) is 4.39. The van der Waals surface area contributed by atoms with Gasteiger partial charge in [0.2, 0.25) is 5.91 Å². The van der Waals surface area contributed by atoms with Crippen LogP contribution in [-0.4, -0.2) is 28.6 Å². The van der Waals surface area contributed by atoms with Crippen molar-refractivity contribution in [1.82, 2.24) is 15.1 Å². The van der Waals surface area contributed by atoms with Gasteiger partial charge < -0.3 is 10.1 Å². The summed E-state index contributed by atoms with van der Waals surface area (Å²) in [4.78, 5) is 12.2. The van der Waals surface area contributed by atoms with Crippen molar-refractivity contribution in [3.63, 3.8) is 0 Å². The lowest BCUT2D eigenvalue weighted by molar-refractivity contribution is -0.118. The molecule has 1 N–H and O–H groups in total. The number of hydrogen-bond donors (Lipinski definition) is 1. The number of amides is 1. The topological polar surface area (TPSA) is 56.1 Å². The number of methoxy groups -OCH3 is 1. The maximum Gasteiger partial charge on any atom is 0.230 e. The largest absolute Gasteiger partial charge is 0.496 e. The van der Waals surface area contributed by atoms with Gasteiger partial charge in [0.1, 0.15) is 5.75 Å². The van der Waals surface area contributed by atoms with Crippen LogP contribution in [0.15, 0.2) is 52.9 Å². The van der Waals surface area contributed by atoms with Crippen molar-refractivity contribution in [1.29, 1.82) is 0 Å². The van der Waals surface area contributed by atoms with Gasteiger partial charge in [-0.05, 0) is 36.8 Å². The van der Waals surface area contributed by atoms with E-state index in [0.717, 1.165) is 26.9 Å². The highest BCUT2D eigenvalue weighted by Gasteiger charge is 2.11. The smallest absolute Gasteiger partial charge is 0.230 e. The first kappa shape index (κ1) is 19.6. The lowest BCUT2D eigenvalue weighted by atomic mass is 10.2. The van der Waals surface area contributed by atoms with Crippen molar-refractivity contribution in [2.45, 2.75) is 17.8 Å². The van der Waals surface area contributed by atoms with Crippen molar-refractivity contribution in [3.8, 4) is 11.4 Å². The fraction of sp³-hybridized carbons (Fsp3) is 0.211. The molecule has 0 atom stereocenters. The number of nitrogens with one attached hydrogen (secondary N) is 1. The molecular weight excluding hydrogens is 398 g/mol. The third kappa shape index (κ3) is 4.97. The van der Waals surface area contributed by atoms with Crippen LogP contribution in [0.3, 0.4) is 0 Å². The number of rotatable bonds is 7. The fourth-order valence-corrected chi connectivity index (χ4v) is 4.67. The third-order valence-electron chi connectivity index (χ3n) is 3.87. The summed E-state index contributed by atoms with van der Waals surface area (Å²) in [6.07, 6.45) is 0. The number of carbonyl (C=O) groups excluding carboxylic acids is 1. The van der Waals surface area contributed by atoms with E-state index in [9.17, 15) is 4.79 Å². The zero-order valence-electron chi connectivity index (χ0n) is 15.0. The summed E-state index contributed by atoms with van der Waals surface area (Å²) in [7, 11) is 1.62. The number of aromatic nitrogens is 2. The Morgan fingerprint density at radius 3 is 2.78 bits per heavy atom. The SMILES string of the molecule is COc1ccccc1CNC(=O)CSc1nn(-c2ccccc2C)c(=S)s1. The minimum absolute atomic E-state index is 0.0607. The molecule has 1 heterocycles. The average Bonchev–Trinajstić information content (AvgIpc) is 3.05. The van der Waals surface area contributed by atoms with E-state index in [-0.39, 0.29) is 11.7 Å². The Morgan fingerprint density at radius 2 is 2.00 bits per heavy atom. The molecule has 0 unspecified atom stereocenters. The van der Waals surface area contributed by atoms with Crippen molar-refractivity contribution < 1.29 is 9.53 Å². The number of para-hydroxylation sites is 2. The van der Waals surface area contributed by atoms with E-state index in [1.807, 2.05) is 55.5 Å². The van der Waals surface area contributed by atoms with E-state index in [0.29, 0.717) is 10.5 Å². The van der Waals surface area contributed by atoms with Gasteiger partial charge in [-0.2, -0.15) is 0 Å². The second kappa shape index (κ2) is 9.16. The number of ether oxygens (including phenoxy) is 1. The molecule has 1 aromatic heterocycles. The van der Waals surface area contributed by atoms with Crippen LogP contribution in [0, 0.1) is 10.9 Å². The molecular formula is C19H19N3O2S3. The Balaban J connectivity index is 1.59. The summed E-state index contributed by atoms with van der Waals surface area (Å²) in [6, 6.07) is 15.6. The quantitative estimate of drug-likeness (QED) is 0.456. The Kier molecular flexibility index (Phi) is 6.65. The van der Waals surface area contributed by atoms with E-state index in [4.69, 9.17) is 17.0 Å². The van der Waals surface area contributed by atoms with Crippen LogP contribution in [0.5, 0.6) is 5.75 Å². The first-order chi connectivity index (χ1) is 13.1. The van der Waals surface area contributed by atoms with Crippen LogP contribution >= 0.6 is 35.3 Å². The number of hydrogen-bond acceptors (Lipinski definition) is 6. The van der Waals surface area contributed by atoms with Gasteiger partial charge in [0.05, 0.1) is 18.6 Å². The first-order valence-corrected chi connectivity index (χ1v) is 10.5. The van der Waals surface area contributed by atoms with Crippen LogP contribution in [0.2, 0.25) is 0 Å². The summed E-state index contributed by atoms with van der Waals surface area (Å²) < 4.78 is 8.49. The summed E-state index contributed by atoms with van der Waals surface area (Å²) in [5.74, 6) is 0.987. The van der Waals surface area contributed by atoms with E-state index in [1.54, 1.807) is 11.8 Å². The van der Waals surface area contributed by atoms with Gasteiger partial charge in [0, 0.05) is 12.1 Å². The maximum absolute atomic E-state index is 12.2. The van der Waals surface area contributed by atoms with Crippen LogP contribution in [-0.2, 0) is 11.3 Å². The van der Waals surface area contributed by atoms with E-state index >= 15 is 0 Å². The molecule has 27 heavy (non-hydrogen) atoms. The van der Waals surface area contributed by atoms with Gasteiger partial charge in [0.15, 0.2) is 8.29 Å². The highest BCUT2D eigenvalue weighted by atomic mass is 32.2. The molecule has 0 aliphatic rings. The number of carbonyl (C=O) groups is 1. The minimum atomic E-state index is -0.0607. The van der Waals surface area contributed by atoms with Crippen LogP contribution in [0.25, 0.3) is 5.69 Å². The summed E-state index contributed by atoms with van der Waals surface area (Å²) in [6.45, 7) is 2.45. The summed E-state index contributed by atoms with van der Waals surface area (Å²) >= 11 is 8.22. The molecule has 3 aromatic rings. The molecule has 8 heteroatoms. The number of benzene rings is 2. The maximum atomic E-state index is 12.2. The van der Waals surface area contributed by atoms with Crippen LogP contribution in [0.1, 0.15) is 11.1 Å². The lowest BCUT2D eigenvalue weighted by Crippen LogP contribution is -2.24. The molecule has 2 aromatic carbocycles. The van der Waals surface area contributed by atoms with Crippen molar-refractivity contribution in [3.05, 3.63) is 63.6 Å². The molecule has 3 rings (SSSR count).